The third-order valence-corrected chi connectivity index (χ3v) is 3.92. The minimum absolute atomic E-state index is 0.0110. The van der Waals surface area contributed by atoms with Crippen LogP contribution < -0.4 is 0 Å². The van der Waals surface area contributed by atoms with Crippen LogP contribution >= 0.6 is 23.2 Å². The summed E-state index contributed by atoms with van der Waals surface area (Å²) in [7, 11) is 0. The number of amides is 1. The number of nitrogens with zero attached hydrogens (tertiary/aromatic N) is 1. The molecule has 1 aliphatic heterocycles. The van der Waals surface area contributed by atoms with Crippen LogP contribution in [0, 0.1) is 0 Å². The SMILES string of the molecule is O=C(Cc1c(Cl)cccc1Cl)N1CCC(O)CC1. The number of piperidine rings is 1. The highest BCUT2D eigenvalue weighted by atomic mass is 35.5. The monoisotopic (exact) mass is 287 g/mol. The molecule has 1 aliphatic rings. The molecule has 0 spiro atoms. The van der Waals surface area contributed by atoms with Crippen LogP contribution in [0.25, 0.3) is 0 Å². The van der Waals surface area contributed by atoms with Crippen LogP contribution in [-0.4, -0.2) is 35.1 Å². The minimum atomic E-state index is -0.280. The fraction of sp³-hybridized carbons (Fsp3) is 0.462. The maximum Gasteiger partial charge on any atom is 0.227 e. The van der Waals surface area contributed by atoms with Gasteiger partial charge >= 0.3 is 0 Å². The summed E-state index contributed by atoms with van der Waals surface area (Å²) in [6.45, 7) is 1.20. The Morgan fingerprint density at radius 3 is 2.39 bits per heavy atom. The second-order valence-corrected chi connectivity index (χ2v) is 5.30. The number of hydrogen-bond donors (Lipinski definition) is 1. The number of hydrogen-bond acceptors (Lipinski definition) is 2. The van der Waals surface area contributed by atoms with Crippen molar-refractivity contribution in [2.75, 3.05) is 13.1 Å². The molecule has 2 rings (SSSR count). The lowest BCUT2D eigenvalue weighted by Gasteiger charge is -2.29. The van der Waals surface area contributed by atoms with Crippen LogP contribution in [0.4, 0.5) is 0 Å². The number of likely N-dealkylation sites (tertiary alicyclic amines) is 1. The smallest absolute Gasteiger partial charge is 0.227 e. The maximum atomic E-state index is 12.1. The molecular formula is C13H15Cl2NO2. The average molecular weight is 288 g/mol. The second kappa shape index (κ2) is 5.91. The van der Waals surface area contributed by atoms with Crippen molar-refractivity contribution in [1.29, 1.82) is 0 Å². The van der Waals surface area contributed by atoms with Gasteiger partial charge in [-0.05, 0) is 30.5 Å². The highest BCUT2D eigenvalue weighted by Gasteiger charge is 2.22. The Hall–Kier alpha value is -0.770. The van der Waals surface area contributed by atoms with Gasteiger partial charge < -0.3 is 10.0 Å². The van der Waals surface area contributed by atoms with Gasteiger partial charge in [0.1, 0.15) is 0 Å². The van der Waals surface area contributed by atoms with Crippen molar-refractivity contribution in [1.82, 2.24) is 4.90 Å². The molecule has 3 nitrogen and oxygen atoms in total. The number of benzene rings is 1. The Balaban J connectivity index is 2.03. The zero-order valence-electron chi connectivity index (χ0n) is 9.90. The van der Waals surface area contributed by atoms with E-state index in [4.69, 9.17) is 23.2 Å². The molecular weight excluding hydrogens is 273 g/mol. The number of carbonyl (C=O) groups excluding carboxylic acids is 1. The van der Waals surface area contributed by atoms with E-state index in [1.54, 1.807) is 23.1 Å². The summed E-state index contributed by atoms with van der Waals surface area (Å²) in [5.41, 5.74) is 0.678. The molecule has 1 aromatic rings. The molecule has 1 fully saturated rings. The predicted octanol–water partition coefficient (Wildman–Crippen LogP) is 2.52. The number of rotatable bonds is 2. The van der Waals surface area contributed by atoms with E-state index in [0.29, 0.717) is 41.5 Å². The van der Waals surface area contributed by atoms with Crippen LogP contribution in [0.1, 0.15) is 18.4 Å². The highest BCUT2D eigenvalue weighted by Crippen LogP contribution is 2.25. The van der Waals surface area contributed by atoms with Crippen molar-refractivity contribution < 1.29 is 9.90 Å². The Kier molecular flexibility index (Phi) is 4.49. The van der Waals surface area contributed by atoms with E-state index in [9.17, 15) is 9.90 Å². The average Bonchev–Trinajstić information content (AvgIpc) is 2.34. The van der Waals surface area contributed by atoms with Crippen LogP contribution in [0.5, 0.6) is 0 Å². The van der Waals surface area contributed by atoms with E-state index in [0.717, 1.165) is 0 Å². The molecule has 0 aliphatic carbocycles. The first-order chi connectivity index (χ1) is 8.58. The van der Waals surface area contributed by atoms with E-state index >= 15 is 0 Å². The molecule has 5 heteroatoms. The first-order valence-corrected chi connectivity index (χ1v) is 6.72. The lowest BCUT2D eigenvalue weighted by atomic mass is 10.1. The van der Waals surface area contributed by atoms with Gasteiger partial charge in [0.25, 0.3) is 0 Å². The standard InChI is InChI=1S/C13H15Cl2NO2/c14-11-2-1-3-12(15)10(11)8-13(18)16-6-4-9(17)5-7-16/h1-3,9,17H,4-8H2. The van der Waals surface area contributed by atoms with Gasteiger partial charge in [0.15, 0.2) is 0 Å². The fourth-order valence-corrected chi connectivity index (χ4v) is 2.61. The van der Waals surface area contributed by atoms with Crippen LogP contribution in [0.15, 0.2) is 18.2 Å². The van der Waals surface area contributed by atoms with Gasteiger partial charge in [0.05, 0.1) is 12.5 Å². The molecule has 0 unspecified atom stereocenters. The quantitative estimate of drug-likeness (QED) is 0.908. The van der Waals surface area contributed by atoms with Crippen molar-refractivity contribution in [3.05, 3.63) is 33.8 Å². The Labute approximate surface area is 116 Å². The zero-order chi connectivity index (χ0) is 13.1. The Morgan fingerprint density at radius 1 is 1.28 bits per heavy atom. The van der Waals surface area contributed by atoms with Crippen LogP contribution in [0.2, 0.25) is 10.0 Å². The number of halogens is 2. The van der Waals surface area contributed by atoms with Crippen molar-refractivity contribution in [3.63, 3.8) is 0 Å². The minimum Gasteiger partial charge on any atom is -0.393 e. The van der Waals surface area contributed by atoms with Gasteiger partial charge in [-0.15, -0.1) is 0 Å². The van der Waals surface area contributed by atoms with E-state index in [2.05, 4.69) is 0 Å². The summed E-state index contributed by atoms with van der Waals surface area (Å²) < 4.78 is 0. The Morgan fingerprint density at radius 2 is 1.83 bits per heavy atom. The lowest BCUT2D eigenvalue weighted by molar-refractivity contribution is -0.132. The van der Waals surface area contributed by atoms with Crippen molar-refractivity contribution >= 4 is 29.1 Å². The van der Waals surface area contributed by atoms with Gasteiger partial charge in [-0.1, -0.05) is 29.3 Å². The van der Waals surface area contributed by atoms with Crippen molar-refractivity contribution in [3.8, 4) is 0 Å². The van der Waals surface area contributed by atoms with Crippen LogP contribution in [0.3, 0.4) is 0 Å². The topological polar surface area (TPSA) is 40.5 Å². The lowest BCUT2D eigenvalue weighted by Crippen LogP contribution is -2.40. The van der Waals surface area contributed by atoms with Crippen LogP contribution in [-0.2, 0) is 11.2 Å². The first-order valence-electron chi connectivity index (χ1n) is 5.96. The van der Waals surface area contributed by atoms with Gasteiger partial charge in [-0.2, -0.15) is 0 Å². The summed E-state index contributed by atoms with van der Waals surface area (Å²) in [6.07, 6.45) is 1.22. The molecule has 0 radical (unpaired) electrons. The zero-order valence-corrected chi connectivity index (χ0v) is 11.4. The Bertz CT molecular complexity index is 422. The molecule has 1 heterocycles. The summed E-state index contributed by atoms with van der Waals surface area (Å²) in [4.78, 5) is 13.9. The molecule has 1 N–H and O–H groups in total. The van der Waals surface area contributed by atoms with E-state index in [1.165, 1.54) is 0 Å². The largest absolute Gasteiger partial charge is 0.393 e. The molecule has 0 atom stereocenters. The summed E-state index contributed by atoms with van der Waals surface area (Å²) in [6, 6.07) is 5.22. The van der Waals surface area contributed by atoms with Crippen molar-refractivity contribution in [2.45, 2.75) is 25.4 Å². The van der Waals surface area contributed by atoms with Crippen molar-refractivity contribution in [2.24, 2.45) is 0 Å². The third-order valence-electron chi connectivity index (χ3n) is 3.21. The maximum absolute atomic E-state index is 12.1. The fourth-order valence-electron chi connectivity index (χ4n) is 2.08. The highest BCUT2D eigenvalue weighted by molar-refractivity contribution is 6.36. The molecule has 1 amide bonds. The molecule has 0 bridgehead atoms. The van der Waals surface area contributed by atoms with E-state index in [1.807, 2.05) is 0 Å². The number of aliphatic hydroxyl groups is 1. The molecule has 98 valence electrons. The van der Waals surface area contributed by atoms with Gasteiger partial charge in [0, 0.05) is 23.1 Å². The third kappa shape index (κ3) is 3.16. The number of carbonyl (C=O) groups is 1. The summed E-state index contributed by atoms with van der Waals surface area (Å²) in [5, 5.41) is 10.4. The van der Waals surface area contributed by atoms with E-state index in [-0.39, 0.29) is 18.4 Å². The second-order valence-electron chi connectivity index (χ2n) is 4.49. The molecule has 0 saturated carbocycles. The summed E-state index contributed by atoms with van der Waals surface area (Å²) in [5.74, 6) is 0.0110. The molecule has 18 heavy (non-hydrogen) atoms. The molecule has 0 aromatic heterocycles. The molecule has 1 aromatic carbocycles. The van der Waals surface area contributed by atoms with Gasteiger partial charge in [0.2, 0.25) is 5.91 Å². The molecule has 1 saturated heterocycles. The number of aliphatic hydroxyl groups excluding tert-OH is 1. The predicted molar refractivity (Wildman–Crippen MR) is 72.0 cm³/mol. The normalized spacial score (nSPS) is 16.9. The van der Waals surface area contributed by atoms with Gasteiger partial charge in [-0.25, -0.2) is 0 Å². The summed E-state index contributed by atoms with van der Waals surface area (Å²) >= 11 is 12.1. The first kappa shape index (κ1) is 13.7. The van der Waals surface area contributed by atoms with E-state index < -0.39 is 0 Å². The van der Waals surface area contributed by atoms with Gasteiger partial charge in [-0.3, -0.25) is 4.79 Å².